The van der Waals surface area contributed by atoms with Crippen LogP contribution in [0.2, 0.25) is 0 Å². The number of rotatable bonds is 1. The highest BCUT2D eigenvalue weighted by molar-refractivity contribution is 5.93. The SMILES string of the molecule is CC.Cc1cccc(C(=O)N(C)C)c1. The number of aryl methyl sites for hydroxylation is 1. The van der Waals surface area contributed by atoms with Crippen LogP contribution in [0.25, 0.3) is 0 Å². The topological polar surface area (TPSA) is 20.3 Å². The fraction of sp³-hybridized carbons (Fsp3) is 0.417. The van der Waals surface area contributed by atoms with Gasteiger partial charge in [0.2, 0.25) is 0 Å². The lowest BCUT2D eigenvalue weighted by Crippen LogP contribution is -2.21. The summed E-state index contributed by atoms with van der Waals surface area (Å²) in [5.74, 6) is 0.0544. The largest absolute Gasteiger partial charge is 0.345 e. The maximum absolute atomic E-state index is 11.4. The molecule has 0 aliphatic carbocycles. The molecule has 0 atom stereocenters. The summed E-state index contributed by atoms with van der Waals surface area (Å²) in [5.41, 5.74) is 1.86. The summed E-state index contributed by atoms with van der Waals surface area (Å²) in [6.45, 7) is 5.98. The van der Waals surface area contributed by atoms with E-state index in [4.69, 9.17) is 0 Å². The van der Waals surface area contributed by atoms with Crippen LogP contribution in [0.1, 0.15) is 29.8 Å². The van der Waals surface area contributed by atoms with E-state index in [0.717, 1.165) is 11.1 Å². The zero-order valence-corrected chi connectivity index (χ0v) is 9.66. The van der Waals surface area contributed by atoms with Crippen molar-refractivity contribution in [1.29, 1.82) is 0 Å². The lowest BCUT2D eigenvalue weighted by molar-refractivity contribution is 0.0827. The Morgan fingerprint density at radius 1 is 1.21 bits per heavy atom. The van der Waals surface area contributed by atoms with Gasteiger partial charge in [0.1, 0.15) is 0 Å². The summed E-state index contributed by atoms with van der Waals surface area (Å²) in [5, 5.41) is 0. The monoisotopic (exact) mass is 193 g/mol. The van der Waals surface area contributed by atoms with Gasteiger partial charge in [0.25, 0.3) is 5.91 Å². The molecule has 14 heavy (non-hydrogen) atoms. The molecule has 0 aliphatic heterocycles. The Morgan fingerprint density at radius 2 is 1.79 bits per heavy atom. The number of carbonyl (C=O) groups is 1. The van der Waals surface area contributed by atoms with Crippen LogP contribution >= 0.6 is 0 Å². The van der Waals surface area contributed by atoms with Crippen LogP contribution in [0.5, 0.6) is 0 Å². The van der Waals surface area contributed by atoms with Crippen molar-refractivity contribution in [2.24, 2.45) is 0 Å². The van der Waals surface area contributed by atoms with Crippen molar-refractivity contribution < 1.29 is 4.79 Å². The lowest BCUT2D eigenvalue weighted by atomic mass is 10.1. The van der Waals surface area contributed by atoms with Crippen molar-refractivity contribution in [3.8, 4) is 0 Å². The molecule has 0 aromatic heterocycles. The van der Waals surface area contributed by atoms with Crippen LogP contribution < -0.4 is 0 Å². The Balaban J connectivity index is 0.000000791. The van der Waals surface area contributed by atoms with Gasteiger partial charge < -0.3 is 4.90 Å². The highest BCUT2D eigenvalue weighted by atomic mass is 16.2. The Labute approximate surface area is 86.5 Å². The van der Waals surface area contributed by atoms with Crippen molar-refractivity contribution >= 4 is 5.91 Å². The van der Waals surface area contributed by atoms with Crippen LogP contribution in [0.3, 0.4) is 0 Å². The Morgan fingerprint density at radius 3 is 2.21 bits per heavy atom. The van der Waals surface area contributed by atoms with Gasteiger partial charge in [-0.2, -0.15) is 0 Å². The summed E-state index contributed by atoms with van der Waals surface area (Å²) >= 11 is 0. The van der Waals surface area contributed by atoms with Crippen LogP contribution in [0, 0.1) is 6.92 Å². The standard InChI is InChI=1S/C10H13NO.C2H6/c1-8-5-4-6-9(7-8)10(12)11(2)3;1-2/h4-7H,1-3H3;1-2H3. The van der Waals surface area contributed by atoms with Crippen molar-refractivity contribution in [2.75, 3.05) is 14.1 Å². The average Bonchev–Trinajstić information content (AvgIpc) is 2.19. The molecule has 1 aromatic carbocycles. The summed E-state index contributed by atoms with van der Waals surface area (Å²) in [7, 11) is 3.51. The molecule has 1 aromatic rings. The molecular formula is C12H19NO. The molecule has 0 aliphatic rings. The van der Waals surface area contributed by atoms with E-state index in [9.17, 15) is 4.79 Å². The van der Waals surface area contributed by atoms with Gasteiger partial charge in [-0.15, -0.1) is 0 Å². The highest BCUT2D eigenvalue weighted by Crippen LogP contribution is 2.05. The molecule has 2 heteroatoms. The van der Waals surface area contributed by atoms with E-state index < -0.39 is 0 Å². The second-order valence-corrected chi connectivity index (χ2v) is 3.07. The number of hydrogen-bond acceptors (Lipinski definition) is 1. The van der Waals surface area contributed by atoms with Gasteiger partial charge in [0.05, 0.1) is 0 Å². The zero-order chi connectivity index (χ0) is 11.1. The number of amides is 1. The second kappa shape index (κ2) is 6.19. The van der Waals surface area contributed by atoms with E-state index in [2.05, 4.69) is 0 Å². The van der Waals surface area contributed by atoms with Crippen LogP contribution in [0.4, 0.5) is 0 Å². The average molecular weight is 193 g/mol. The predicted octanol–water partition coefficient (Wildman–Crippen LogP) is 2.72. The highest BCUT2D eigenvalue weighted by Gasteiger charge is 2.06. The maximum Gasteiger partial charge on any atom is 0.253 e. The molecule has 78 valence electrons. The molecule has 1 amide bonds. The first kappa shape index (κ1) is 12.7. The molecular weight excluding hydrogens is 174 g/mol. The maximum atomic E-state index is 11.4. The minimum atomic E-state index is 0.0544. The molecule has 0 spiro atoms. The molecule has 2 nitrogen and oxygen atoms in total. The minimum absolute atomic E-state index is 0.0544. The first-order valence-corrected chi connectivity index (χ1v) is 4.89. The van der Waals surface area contributed by atoms with E-state index in [0.29, 0.717) is 0 Å². The Hall–Kier alpha value is -1.31. The third-order valence-corrected chi connectivity index (χ3v) is 1.67. The second-order valence-electron chi connectivity index (χ2n) is 3.07. The first-order valence-electron chi connectivity index (χ1n) is 4.89. The van der Waals surface area contributed by atoms with Gasteiger partial charge in [-0.25, -0.2) is 0 Å². The molecule has 0 unspecified atom stereocenters. The Bertz CT molecular complexity index is 292. The summed E-state index contributed by atoms with van der Waals surface area (Å²) < 4.78 is 0. The molecule has 0 saturated carbocycles. The number of nitrogens with zero attached hydrogens (tertiary/aromatic N) is 1. The van der Waals surface area contributed by atoms with Gasteiger partial charge in [-0.05, 0) is 19.1 Å². The quantitative estimate of drug-likeness (QED) is 0.671. The number of benzene rings is 1. The normalized spacial score (nSPS) is 8.64. The van der Waals surface area contributed by atoms with E-state index in [-0.39, 0.29) is 5.91 Å². The molecule has 0 N–H and O–H groups in total. The van der Waals surface area contributed by atoms with Gasteiger partial charge in [-0.1, -0.05) is 31.5 Å². The molecule has 0 fully saturated rings. The number of hydrogen-bond donors (Lipinski definition) is 0. The lowest BCUT2D eigenvalue weighted by Gasteiger charge is -2.09. The molecule has 0 saturated heterocycles. The van der Waals surface area contributed by atoms with E-state index in [1.807, 2.05) is 45.0 Å². The minimum Gasteiger partial charge on any atom is -0.345 e. The molecule has 0 radical (unpaired) electrons. The van der Waals surface area contributed by atoms with E-state index in [1.54, 1.807) is 19.0 Å². The van der Waals surface area contributed by atoms with Crippen molar-refractivity contribution in [1.82, 2.24) is 4.90 Å². The van der Waals surface area contributed by atoms with Gasteiger partial charge in [0, 0.05) is 19.7 Å². The summed E-state index contributed by atoms with van der Waals surface area (Å²) in [6, 6.07) is 7.59. The summed E-state index contributed by atoms with van der Waals surface area (Å²) in [4.78, 5) is 13.0. The third-order valence-electron chi connectivity index (χ3n) is 1.67. The van der Waals surface area contributed by atoms with Gasteiger partial charge in [0.15, 0.2) is 0 Å². The molecule has 1 rings (SSSR count). The van der Waals surface area contributed by atoms with Crippen LogP contribution in [-0.4, -0.2) is 24.9 Å². The fourth-order valence-corrected chi connectivity index (χ4v) is 1.04. The molecule has 0 heterocycles. The predicted molar refractivity (Wildman–Crippen MR) is 60.5 cm³/mol. The van der Waals surface area contributed by atoms with Gasteiger partial charge >= 0.3 is 0 Å². The van der Waals surface area contributed by atoms with Crippen molar-refractivity contribution in [3.05, 3.63) is 35.4 Å². The van der Waals surface area contributed by atoms with E-state index in [1.165, 1.54) is 0 Å². The van der Waals surface area contributed by atoms with Crippen LogP contribution in [0.15, 0.2) is 24.3 Å². The smallest absolute Gasteiger partial charge is 0.253 e. The first-order chi connectivity index (χ1) is 6.61. The van der Waals surface area contributed by atoms with Crippen molar-refractivity contribution in [2.45, 2.75) is 20.8 Å². The zero-order valence-electron chi connectivity index (χ0n) is 9.66. The third kappa shape index (κ3) is 3.60. The molecule has 0 bridgehead atoms. The number of carbonyl (C=O) groups excluding carboxylic acids is 1. The van der Waals surface area contributed by atoms with E-state index >= 15 is 0 Å². The summed E-state index contributed by atoms with van der Waals surface area (Å²) in [6.07, 6.45) is 0. The van der Waals surface area contributed by atoms with Crippen molar-refractivity contribution in [3.63, 3.8) is 0 Å². The fourth-order valence-electron chi connectivity index (χ4n) is 1.04. The van der Waals surface area contributed by atoms with Crippen LogP contribution in [-0.2, 0) is 0 Å². The van der Waals surface area contributed by atoms with Gasteiger partial charge in [-0.3, -0.25) is 4.79 Å². The Kier molecular flexibility index (Phi) is 5.61.